The summed E-state index contributed by atoms with van der Waals surface area (Å²) in [5.74, 6) is -1.31. The van der Waals surface area contributed by atoms with Crippen LogP contribution in [0.4, 0.5) is 0 Å². The van der Waals surface area contributed by atoms with E-state index in [1.165, 1.54) is 36.4 Å². The molecule has 2 aliphatic rings. The second-order valence-electron chi connectivity index (χ2n) is 10.8. The molecule has 46 heavy (non-hydrogen) atoms. The van der Waals surface area contributed by atoms with Crippen molar-refractivity contribution in [2.75, 3.05) is 19.8 Å². The third-order valence-electron chi connectivity index (χ3n) is 7.39. The minimum Gasteiger partial charge on any atom is -0.508 e. The van der Waals surface area contributed by atoms with E-state index in [4.69, 9.17) is 28.4 Å². The van der Waals surface area contributed by atoms with Crippen LogP contribution in [0.15, 0.2) is 91.0 Å². The Hall–Kier alpha value is -4.34. The first-order valence-corrected chi connectivity index (χ1v) is 14.4. The van der Waals surface area contributed by atoms with Gasteiger partial charge in [-0.2, -0.15) is 0 Å². The van der Waals surface area contributed by atoms with E-state index < -0.39 is 80.5 Å². The Kier molecular flexibility index (Phi) is 10.7. The van der Waals surface area contributed by atoms with Crippen molar-refractivity contribution in [2.24, 2.45) is 0 Å². The Morgan fingerprint density at radius 3 is 2.24 bits per heavy atom. The molecule has 0 aromatic heterocycles. The predicted molar refractivity (Wildman–Crippen MR) is 158 cm³/mol. The Morgan fingerprint density at radius 1 is 0.870 bits per heavy atom. The molecular formula is C33H34O13. The van der Waals surface area contributed by atoms with Crippen molar-refractivity contribution < 1.29 is 63.5 Å². The molecule has 2 fully saturated rings. The number of aromatic hydroxyl groups is 1. The number of rotatable bonds is 11. The van der Waals surface area contributed by atoms with Gasteiger partial charge in [-0.3, -0.25) is 0 Å². The molecule has 3 aromatic carbocycles. The van der Waals surface area contributed by atoms with Crippen LogP contribution in [0.25, 0.3) is 6.08 Å². The lowest BCUT2D eigenvalue weighted by molar-refractivity contribution is -0.318. The molecule has 0 bridgehead atoms. The molecule has 5 rings (SSSR count). The Labute approximate surface area is 263 Å². The summed E-state index contributed by atoms with van der Waals surface area (Å²) in [5, 5.41) is 53.5. The van der Waals surface area contributed by atoms with Crippen LogP contribution in [0.1, 0.15) is 15.9 Å². The molecular weight excluding hydrogens is 604 g/mol. The first-order chi connectivity index (χ1) is 22.1. The van der Waals surface area contributed by atoms with E-state index in [9.17, 15) is 35.1 Å². The summed E-state index contributed by atoms with van der Waals surface area (Å²) in [4.78, 5) is 24.7. The maximum atomic E-state index is 12.5. The normalized spacial score (nSPS) is 29.3. The van der Waals surface area contributed by atoms with E-state index in [2.05, 4.69) is 0 Å². The van der Waals surface area contributed by atoms with Crippen LogP contribution in [0.2, 0.25) is 0 Å². The average Bonchev–Trinajstić information content (AvgIpc) is 3.36. The van der Waals surface area contributed by atoms with Crippen molar-refractivity contribution in [1.29, 1.82) is 0 Å². The molecule has 0 aliphatic carbocycles. The van der Waals surface area contributed by atoms with Gasteiger partial charge in [0, 0.05) is 6.08 Å². The molecule has 2 heterocycles. The van der Waals surface area contributed by atoms with Crippen molar-refractivity contribution in [2.45, 2.75) is 48.7 Å². The minimum atomic E-state index is -2.07. The molecule has 3 aromatic rings. The van der Waals surface area contributed by atoms with Crippen LogP contribution in [-0.4, -0.2) is 106 Å². The molecule has 0 spiro atoms. The highest BCUT2D eigenvalue weighted by Crippen LogP contribution is 2.33. The fraction of sp³-hybridized carbons (Fsp3) is 0.333. The highest BCUT2D eigenvalue weighted by molar-refractivity contribution is 5.89. The second-order valence-corrected chi connectivity index (χ2v) is 10.8. The summed E-state index contributed by atoms with van der Waals surface area (Å²) in [6.45, 7) is -1.59. The molecule has 0 amide bonds. The fourth-order valence-corrected chi connectivity index (χ4v) is 4.78. The van der Waals surface area contributed by atoms with Crippen LogP contribution < -0.4 is 4.74 Å². The fourth-order valence-electron chi connectivity index (χ4n) is 4.78. The number of hydrogen-bond acceptors (Lipinski definition) is 13. The van der Waals surface area contributed by atoms with E-state index in [1.807, 2.05) is 6.07 Å². The van der Waals surface area contributed by atoms with Gasteiger partial charge in [-0.1, -0.05) is 48.5 Å². The Bertz CT molecular complexity index is 1470. The van der Waals surface area contributed by atoms with Gasteiger partial charge in [0.25, 0.3) is 0 Å². The molecule has 2 aliphatic heterocycles. The number of carbonyl (C=O) groups excluding carboxylic acids is 2. The van der Waals surface area contributed by atoms with Crippen molar-refractivity contribution in [1.82, 2.24) is 0 Å². The van der Waals surface area contributed by atoms with Crippen molar-refractivity contribution in [3.63, 3.8) is 0 Å². The molecule has 244 valence electrons. The molecule has 5 N–H and O–H groups in total. The number of phenolic OH excluding ortho intramolecular Hbond substituents is 1. The Morgan fingerprint density at radius 2 is 1.54 bits per heavy atom. The summed E-state index contributed by atoms with van der Waals surface area (Å²) < 4.78 is 33.4. The maximum Gasteiger partial charge on any atom is 0.338 e. The van der Waals surface area contributed by atoms with Gasteiger partial charge in [-0.25, -0.2) is 9.59 Å². The van der Waals surface area contributed by atoms with E-state index in [0.29, 0.717) is 0 Å². The predicted octanol–water partition coefficient (Wildman–Crippen LogP) is 1.16. The zero-order chi connectivity index (χ0) is 32.7. The van der Waals surface area contributed by atoms with E-state index in [0.717, 1.165) is 5.56 Å². The first kappa shape index (κ1) is 33.0. The molecule has 13 heteroatoms. The number of hydrogen-bond donors (Lipinski definition) is 5. The number of phenols is 1. The van der Waals surface area contributed by atoms with Gasteiger partial charge in [0.05, 0.1) is 12.2 Å². The zero-order valence-corrected chi connectivity index (χ0v) is 24.4. The number of benzene rings is 3. The SMILES string of the molecule is O=C(/C=C/c1ccccc1)OC[C@@]1(O)CO[C@@H](O[C@H]2[C@H](Oc3ccc(O)cc3)O[C@H](COC(=O)c3ccccc3)[C@@H](O)[C@@H]2O)[C@@H]1O. The molecule has 0 unspecified atom stereocenters. The number of carbonyl (C=O) groups is 2. The van der Waals surface area contributed by atoms with Crippen molar-refractivity contribution in [3.8, 4) is 11.5 Å². The Balaban J connectivity index is 1.24. The first-order valence-electron chi connectivity index (χ1n) is 14.4. The number of aliphatic hydroxyl groups excluding tert-OH is 3. The molecule has 13 nitrogen and oxygen atoms in total. The van der Waals surface area contributed by atoms with Crippen molar-refractivity contribution >= 4 is 18.0 Å². The number of ether oxygens (including phenoxy) is 6. The summed E-state index contributed by atoms with van der Waals surface area (Å²) in [5.41, 5.74) is -1.04. The highest BCUT2D eigenvalue weighted by atomic mass is 16.8. The van der Waals surface area contributed by atoms with Crippen LogP contribution >= 0.6 is 0 Å². The largest absolute Gasteiger partial charge is 0.508 e. The van der Waals surface area contributed by atoms with E-state index in [1.54, 1.807) is 54.6 Å². The van der Waals surface area contributed by atoms with Crippen LogP contribution in [0.3, 0.4) is 0 Å². The van der Waals surface area contributed by atoms with Crippen LogP contribution in [0.5, 0.6) is 11.5 Å². The third-order valence-corrected chi connectivity index (χ3v) is 7.39. The molecule has 0 saturated carbocycles. The summed E-state index contributed by atoms with van der Waals surface area (Å²) in [7, 11) is 0. The van der Waals surface area contributed by atoms with Crippen LogP contribution in [-0.2, 0) is 28.5 Å². The van der Waals surface area contributed by atoms with Gasteiger partial charge >= 0.3 is 11.9 Å². The van der Waals surface area contributed by atoms with Crippen molar-refractivity contribution in [3.05, 3.63) is 102 Å². The standard InChI is InChI=1S/C33H34O13/c34-22-12-14-23(15-13-22)44-31-28(27(37)26(36)24(45-31)17-41-30(39)21-9-5-2-6-10-21)46-32-29(38)33(40,19-43-32)18-42-25(35)16-11-20-7-3-1-4-8-20/h1-16,24,26-29,31-32,34,36-38,40H,17-19H2/b16-11+/t24-,26-,27+,28-,29+,31-,32+,33-/m1/s1. The lowest BCUT2D eigenvalue weighted by atomic mass is 9.98. The number of esters is 2. The summed E-state index contributed by atoms with van der Waals surface area (Å²) in [6.07, 6.45) is -8.25. The summed E-state index contributed by atoms with van der Waals surface area (Å²) in [6, 6.07) is 22.7. The van der Waals surface area contributed by atoms with Gasteiger partial charge < -0.3 is 54.0 Å². The van der Waals surface area contributed by atoms with E-state index >= 15 is 0 Å². The lowest BCUT2D eigenvalue weighted by Gasteiger charge is -2.42. The van der Waals surface area contributed by atoms with Crippen LogP contribution in [0, 0.1) is 0 Å². The highest BCUT2D eigenvalue weighted by Gasteiger charge is 2.54. The monoisotopic (exact) mass is 638 g/mol. The van der Waals surface area contributed by atoms with Gasteiger partial charge in [-0.15, -0.1) is 0 Å². The van der Waals surface area contributed by atoms with Gasteiger partial charge in [0.1, 0.15) is 49.1 Å². The van der Waals surface area contributed by atoms with Gasteiger partial charge in [0.2, 0.25) is 6.29 Å². The number of aliphatic hydroxyl groups is 4. The summed E-state index contributed by atoms with van der Waals surface area (Å²) >= 11 is 0. The van der Waals surface area contributed by atoms with Gasteiger partial charge in [0.15, 0.2) is 18.0 Å². The van der Waals surface area contributed by atoms with Gasteiger partial charge in [-0.05, 0) is 48.0 Å². The second kappa shape index (κ2) is 14.8. The maximum absolute atomic E-state index is 12.5. The topological polar surface area (TPSA) is 191 Å². The molecule has 2 saturated heterocycles. The third kappa shape index (κ3) is 8.08. The quantitative estimate of drug-likeness (QED) is 0.149. The molecule has 8 atom stereocenters. The lowest BCUT2D eigenvalue weighted by Crippen LogP contribution is -2.62. The molecule has 0 radical (unpaired) electrons. The zero-order valence-electron chi connectivity index (χ0n) is 24.4. The van der Waals surface area contributed by atoms with E-state index in [-0.39, 0.29) is 17.1 Å². The average molecular weight is 639 g/mol. The smallest absolute Gasteiger partial charge is 0.338 e. The minimum absolute atomic E-state index is 0.0381.